The third kappa shape index (κ3) is 5.76. The molecule has 0 unspecified atom stereocenters. The summed E-state index contributed by atoms with van der Waals surface area (Å²) in [6.45, 7) is -2.09. The van der Waals surface area contributed by atoms with Crippen LogP contribution in [0, 0.1) is 5.82 Å². The molecule has 2 N–H and O–H groups in total. The number of anilines is 1. The molecule has 13 heteroatoms. The number of hydrogen-bond acceptors (Lipinski definition) is 3. The Morgan fingerprint density at radius 1 is 0.968 bits per heavy atom. The molecule has 2 aromatic carbocycles. The fourth-order valence-corrected chi connectivity index (χ4v) is 3.03. The first-order chi connectivity index (χ1) is 14.0. The Hall–Kier alpha value is -2.15. The van der Waals surface area contributed by atoms with E-state index in [0.717, 1.165) is 24.3 Å². The van der Waals surface area contributed by atoms with Crippen molar-refractivity contribution in [1.82, 2.24) is 0 Å². The third-order valence-corrected chi connectivity index (χ3v) is 4.59. The molecular formula is C18H13BrF9NO2. The number of rotatable bonds is 6. The maximum Gasteiger partial charge on any atom is 0.458 e. The molecule has 0 aliphatic heterocycles. The summed E-state index contributed by atoms with van der Waals surface area (Å²) in [6, 6.07) is 4.61. The highest BCUT2D eigenvalue weighted by molar-refractivity contribution is 9.10. The highest BCUT2D eigenvalue weighted by Gasteiger charge is 2.58. The van der Waals surface area contributed by atoms with Crippen LogP contribution in [-0.4, -0.2) is 35.2 Å². The van der Waals surface area contributed by atoms with E-state index in [0.29, 0.717) is 17.0 Å². The van der Waals surface area contributed by atoms with Crippen molar-refractivity contribution in [2.45, 2.75) is 30.9 Å². The van der Waals surface area contributed by atoms with Gasteiger partial charge < -0.3 is 15.1 Å². The van der Waals surface area contributed by atoms with Crippen molar-refractivity contribution in [2.75, 3.05) is 11.4 Å². The number of benzene rings is 2. The lowest BCUT2D eigenvalue weighted by Gasteiger charge is -2.29. The molecule has 0 amide bonds. The number of hydrogen-bond donors (Lipinski definition) is 2. The number of alkyl halides is 8. The molecule has 2 rings (SSSR count). The van der Waals surface area contributed by atoms with Gasteiger partial charge in [-0.3, -0.25) is 0 Å². The van der Waals surface area contributed by atoms with E-state index in [4.69, 9.17) is 0 Å². The normalized spacial score (nSPS) is 13.9. The molecule has 1 atom stereocenters. The van der Waals surface area contributed by atoms with Crippen molar-refractivity contribution in [1.29, 1.82) is 0 Å². The van der Waals surface area contributed by atoms with Gasteiger partial charge in [0.1, 0.15) is 0 Å². The van der Waals surface area contributed by atoms with Gasteiger partial charge in [0.25, 0.3) is 0 Å². The van der Waals surface area contributed by atoms with Crippen molar-refractivity contribution < 1.29 is 49.7 Å². The second kappa shape index (κ2) is 8.77. The van der Waals surface area contributed by atoms with E-state index in [1.807, 2.05) is 0 Å². The van der Waals surface area contributed by atoms with Gasteiger partial charge >= 0.3 is 18.3 Å². The monoisotopic (exact) mass is 525 g/mol. The summed E-state index contributed by atoms with van der Waals surface area (Å²) >= 11 is 2.90. The fourth-order valence-electron chi connectivity index (χ4n) is 2.60. The number of aromatic hydroxyl groups is 1. The summed E-state index contributed by atoms with van der Waals surface area (Å²) in [5.41, 5.74) is -2.44. The van der Waals surface area contributed by atoms with E-state index in [1.54, 1.807) is 0 Å². The largest absolute Gasteiger partial charge is 0.505 e. The summed E-state index contributed by atoms with van der Waals surface area (Å²) in [4.78, 5) is 0.558. The minimum Gasteiger partial charge on any atom is -0.505 e. The van der Waals surface area contributed by atoms with Gasteiger partial charge in [-0.05, 0) is 23.8 Å². The number of aliphatic hydroxyl groups is 1. The summed E-state index contributed by atoms with van der Waals surface area (Å²) < 4.78 is 118. The van der Waals surface area contributed by atoms with Crippen LogP contribution in [0.2, 0.25) is 0 Å². The average Bonchev–Trinajstić information content (AvgIpc) is 2.62. The Morgan fingerprint density at radius 3 is 2.13 bits per heavy atom. The van der Waals surface area contributed by atoms with Crippen LogP contribution in [0.5, 0.6) is 5.75 Å². The first-order valence-electron chi connectivity index (χ1n) is 8.25. The highest BCUT2D eigenvalue weighted by atomic mass is 79.9. The van der Waals surface area contributed by atoms with Gasteiger partial charge in [0.2, 0.25) is 0 Å². The van der Waals surface area contributed by atoms with Crippen molar-refractivity contribution >= 4 is 21.6 Å². The molecule has 172 valence electrons. The average molecular weight is 526 g/mol. The van der Waals surface area contributed by atoms with E-state index >= 15 is 0 Å². The Balaban J connectivity index is 2.49. The van der Waals surface area contributed by atoms with E-state index in [9.17, 15) is 49.7 Å². The number of phenolic OH excluding ortho intramolecular Hbond substituents is 1. The molecule has 0 heterocycles. The Kier molecular flexibility index (Phi) is 7.10. The van der Waals surface area contributed by atoms with Crippen molar-refractivity contribution in [3.8, 4) is 5.75 Å². The van der Waals surface area contributed by atoms with Crippen LogP contribution in [0.1, 0.15) is 11.1 Å². The highest BCUT2D eigenvalue weighted by Crippen LogP contribution is 2.44. The zero-order valence-corrected chi connectivity index (χ0v) is 16.7. The van der Waals surface area contributed by atoms with Crippen LogP contribution in [0.4, 0.5) is 45.2 Å². The topological polar surface area (TPSA) is 43.7 Å². The molecule has 0 aliphatic rings. The summed E-state index contributed by atoms with van der Waals surface area (Å²) in [6.07, 6.45) is -14.1. The number of nitrogens with zero attached hydrogens (tertiary/aromatic N) is 1. The third-order valence-electron chi connectivity index (χ3n) is 4.13. The molecule has 0 spiro atoms. The zero-order valence-electron chi connectivity index (χ0n) is 15.1. The predicted octanol–water partition coefficient (Wildman–Crippen LogP) is 5.88. The molecule has 31 heavy (non-hydrogen) atoms. The molecule has 0 aromatic heterocycles. The van der Waals surface area contributed by atoms with Gasteiger partial charge in [0, 0.05) is 16.6 Å². The molecule has 0 fully saturated rings. The minimum atomic E-state index is -5.92. The van der Waals surface area contributed by atoms with Crippen molar-refractivity contribution in [3.63, 3.8) is 0 Å². The number of aliphatic hydroxyl groups excluding tert-OH is 1. The van der Waals surface area contributed by atoms with E-state index in [2.05, 4.69) is 15.9 Å². The van der Waals surface area contributed by atoms with E-state index < -0.39 is 60.3 Å². The fraction of sp³-hybridized carbons (Fsp3) is 0.333. The Labute approximate surface area is 177 Å². The summed E-state index contributed by atoms with van der Waals surface area (Å²) in [5.74, 6) is -7.58. The van der Waals surface area contributed by atoms with Crippen LogP contribution in [0.3, 0.4) is 0 Å². The van der Waals surface area contributed by atoms with Crippen LogP contribution in [-0.2, 0) is 12.5 Å². The molecule has 2 aromatic rings. The van der Waals surface area contributed by atoms with Crippen molar-refractivity contribution in [2.24, 2.45) is 0 Å². The summed E-state index contributed by atoms with van der Waals surface area (Å²) in [5, 5.41) is 19.0. The van der Waals surface area contributed by atoms with Gasteiger partial charge in [0.05, 0.1) is 12.2 Å². The SMILES string of the molecule is Oc1cc(Br)cc(N(Cc2cccc(C(F)(F)C(F)(F)F)c2)C[C@@H](O)C(F)(F)F)c1F. The number of halogens is 10. The molecule has 0 aliphatic carbocycles. The smallest absolute Gasteiger partial charge is 0.458 e. The van der Waals surface area contributed by atoms with Crippen LogP contribution < -0.4 is 4.90 Å². The van der Waals surface area contributed by atoms with E-state index in [1.165, 1.54) is 0 Å². The predicted molar refractivity (Wildman–Crippen MR) is 95.3 cm³/mol. The van der Waals surface area contributed by atoms with Gasteiger partial charge in [-0.2, -0.15) is 35.1 Å². The number of phenols is 1. The Morgan fingerprint density at radius 2 is 1.58 bits per heavy atom. The maximum atomic E-state index is 14.4. The van der Waals surface area contributed by atoms with Gasteiger partial charge in [-0.25, -0.2) is 4.39 Å². The lowest BCUT2D eigenvalue weighted by atomic mass is 10.0. The second-order valence-electron chi connectivity index (χ2n) is 6.47. The molecular weight excluding hydrogens is 513 g/mol. The summed E-state index contributed by atoms with van der Waals surface area (Å²) in [7, 11) is 0. The first-order valence-corrected chi connectivity index (χ1v) is 9.05. The Bertz CT molecular complexity index is 931. The molecule has 0 saturated heterocycles. The van der Waals surface area contributed by atoms with E-state index in [-0.39, 0.29) is 10.0 Å². The first kappa shape index (κ1) is 25.1. The van der Waals surface area contributed by atoms with Gasteiger partial charge in [0.15, 0.2) is 17.7 Å². The van der Waals surface area contributed by atoms with Crippen LogP contribution in [0.25, 0.3) is 0 Å². The van der Waals surface area contributed by atoms with Gasteiger partial charge in [-0.1, -0.05) is 34.1 Å². The molecule has 0 saturated carbocycles. The standard InChI is InChI=1S/C18H13BrF9NO2/c19-11-5-12(15(20)13(30)6-11)29(8-14(31)17(23,24)25)7-9-2-1-3-10(4-9)16(21,22)18(26,27)28/h1-6,14,30-31H,7-8H2/t14-/m1/s1. The molecule has 0 radical (unpaired) electrons. The quantitative estimate of drug-likeness (QED) is 0.463. The maximum absolute atomic E-state index is 14.4. The van der Waals surface area contributed by atoms with Gasteiger partial charge in [-0.15, -0.1) is 0 Å². The van der Waals surface area contributed by atoms with Crippen LogP contribution >= 0.6 is 15.9 Å². The lowest BCUT2D eigenvalue weighted by Crippen LogP contribution is -2.41. The second-order valence-corrected chi connectivity index (χ2v) is 7.38. The van der Waals surface area contributed by atoms with Crippen LogP contribution in [0.15, 0.2) is 40.9 Å². The molecule has 3 nitrogen and oxygen atoms in total. The van der Waals surface area contributed by atoms with Crippen molar-refractivity contribution in [3.05, 3.63) is 57.8 Å². The molecule has 0 bridgehead atoms. The lowest BCUT2D eigenvalue weighted by molar-refractivity contribution is -0.289. The zero-order chi connectivity index (χ0) is 23.8. The minimum absolute atomic E-state index is 0.0326.